The molecule has 2 aromatic carbocycles. The fourth-order valence-corrected chi connectivity index (χ4v) is 3.23. The second-order valence-corrected chi connectivity index (χ2v) is 7.13. The van der Waals surface area contributed by atoms with Gasteiger partial charge in [0.2, 0.25) is 11.8 Å². The van der Waals surface area contributed by atoms with Gasteiger partial charge in [0.05, 0.1) is 11.4 Å². The molecule has 1 aliphatic carbocycles. The van der Waals surface area contributed by atoms with Gasteiger partial charge in [-0.3, -0.25) is 14.5 Å². The third kappa shape index (κ3) is 4.14. The fraction of sp³-hybridized carbons (Fsp3) is 0.286. The molecule has 2 aliphatic rings. The van der Waals surface area contributed by atoms with E-state index in [2.05, 4.69) is 16.0 Å². The van der Waals surface area contributed by atoms with Gasteiger partial charge >= 0.3 is 6.03 Å². The number of amides is 4. The first-order chi connectivity index (χ1) is 13.6. The molecule has 2 aromatic rings. The first kappa shape index (κ1) is 18.0. The fourth-order valence-electron chi connectivity index (χ4n) is 3.23. The average molecular weight is 378 g/mol. The van der Waals surface area contributed by atoms with E-state index < -0.39 is 12.1 Å². The van der Waals surface area contributed by atoms with E-state index in [0.29, 0.717) is 17.8 Å². The normalized spacial score (nSPS) is 16.6. The Morgan fingerprint density at radius 2 is 1.79 bits per heavy atom. The summed E-state index contributed by atoms with van der Waals surface area (Å²) in [4.78, 5) is 39.0. The van der Waals surface area contributed by atoms with Crippen molar-refractivity contribution in [3.8, 4) is 0 Å². The number of anilines is 2. The monoisotopic (exact) mass is 378 g/mol. The summed E-state index contributed by atoms with van der Waals surface area (Å²) in [5, 5.41) is 8.54. The first-order valence-electron chi connectivity index (χ1n) is 9.41. The number of benzene rings is 2. The number of nitrogens with one attached hydrogen (secondary N) is 3. The lowest BCUT2D eigenvalue weighted by Crippen LogP contribution is -2.54. The van der Waals surface area contributed by atoms with Crippen LogP contribution in [0.4, 0.5) is 16.2 Å². The van der Waals surface area contributed by atoms with Crippen LogP contribution in [0.2, 0.25) is 0 Å². The van der Waals surface area contributed by atoms with E-state index in [0.717, 1.165) is 18.4 Å². The zero-order valence-electron chi connectivity index (χ0n) is 15.4. The number of nitrogens with zero attached hydrogens (tertiary/aromatic N) is 1. The molecule has 144 valence electrons. The predicted octanol–water partition coefficient (Wildman–Crippen LogP) is 2.04. The highest BCUT2D eigenvalue weighted by Gasteiger charge is 2.32. The molecule has 0 aromatic heterocycles. The first-order valence-corrected chi connectivity index (χ1v) is 9.41. The lowest BCUT2D eigenvalue weighted by molar-refractivity contribution is -0.123. The predicted molar refractivity (Wildman–Crippen MR) is 106 cm³/mol. The smallest absolute Gasteiger partial charge is 0.323 e. The highest BCUT2D eigenvalue weighted by molar-refractivity contribution is 6.10. The minimum Gasteiger partial charge on any atom is -0.352 e. The highest BCUT2D eigenvalue weighted by atomic mass is 16.2. The Kier molecular flexibility index (Phi) is 4.97. The minimum absolute atomic E-state index is 0.0921. The van der Waals surface area contributed by atoms with Gasteiger partial charge in [0, 0.05) is 12.5 Å². The zero-order valence-corrected chi connectivity index (χ0v) is 15.4. The standard InChI is InChI=1S/C21H22N4O3/c26-19-13-25(18-9-5-4-8-16(18)23-19)21(28)24-17(20(27)22-15-10-11-15)12-14-6-2-1-3-7-14/h1-9,15,17H,10-13H2,(H,22,27)(H,23,26)(H,24,28)/t17-/m0/s1. The molecule has 1 atom stereocenters. The van der Waals surface area contributed by atoms with Gasteiger partial charge in [0.1, 0.15) is 12.6 Å². The second-order valence-electron chi connectivity index (χ2n) is 7.13. The van der Waals surface area contributed by atoms with Gasteiger partial charge in [-0.2, -0.15) is 0 Å². The lowest BCUT2D eigenvalue weighted by Gasteiger charge is -2.30. The van der Waals surface area contributed by atoms with Crippen molar-refractivity contribution in [1.29, 1.82) is 0 Å². The van der Waals surface area contributed by atoms with Crippen molar-refractivity contribution in [3.63, 3.8) is 0 Å². The van der Waals surface area contributed by atoms with E-state index in [4.69, 9.17) is 0 Å². The molecule has 28 heavy (non-hydrogen) atoms. The number of hydrogen-bond donors (Lipinski definition) is 3. The van der Waals surface area contributed by atoms with Gasteiger partial charge in [-0.05, 0) is 30.5 Å². The molecule has 1 heterocycles. The summed E-state index contributed by atoms with van der Waals surface area (Å²) >= 11 is 0. The number of carbonyl (C=O) groups excluding carboxylic acids is 3. The minimum atomic E-state index is -0.715. The second kappa shape index (κ2) is 7.72. The molecule has 1 saturated carbocycles. The van der Waals surface area contributed by atoms with Crippen LogP contribution in [0.5, 0.6) is 0 Å². The Morgan fingerprint density at radius 3 is 2.54 bits per heavy atom. The van der Waals surface area contributed by atoms with E-state index in [1.807, 2.05) is 30.3 Å². The number of rotatable bonds is 5. The summed E-state index contributed by atoms with van der Waals surface area (Å²) in [7, 11) is 0. The van der Waals surface area contributed by atoms with Gasteiger partial charge < -0.3 is 16.0 Å². The Hall–Kier alpha value is -3.35. The van der Waals surface area contributed by atoms with Crippen molar-refractivity contribution in [2.24, 2.45) is 0 Å². The number of para-hydroxylation sites is 2. The molecule has 0 bridgehead atoms. The molecule has 4 rings (SSSR count). The van der Waals surface area contributed by atoms with Crippen molar-refractivity contribution in [3.05, 3.63) is 60.2 Å². The lowest BCUT2D eigenvalue weighted by atomic mass is 10.1. The van der Waals surface area contributed by atoms with Crippen LogP contribution in [-0.2, 0) is 16.0 Å². The van der Waals surface area contributed by atoms with Crippen molar-refractivity contribution in [2.45, 2.75) is 31.3 Å². The maximum atomic E-state index is 13.0. The van der Waals surface area contributed by atoms with Crippen LogP contribution in [0, 0.1) is 0 Å². The number of carbonyl (C=O) groups is 3. The van der Waals surface area contributed by atoms with Crippen LogP contribution >= 0.6 is 0 Å². The molecule has 0 radical (unpaired) electrons. The molecular weight excluding hydrogens is 356 g/mol. The molecule has 7 heteroatoms. The van der Waals surface area contributed by atoms with E-state index >= 15 is 0 Å². The van der Waals surface area contributed by atoms with E-state index in [1.54, 1.807) is 24.3 Å². The molecule has 7 nitrogen and oxygen atoms in total. The van der Waals surface area contributed by atoms with Crippen LogP contribution in [0.3, 0.4) is 0 Å². The molecular formula is C21H22N4O3. The van der Waals surface area contributed by atoms with Crippen LogP contribution in [0.15, 0.2) is 54.6 Å². The Bertz CT molecular complexity index is 896. The number of fused-ring (bicyclic) bond motifs is 1. The summed E-state index contributed by atoms with van der Waals surface area (Å²) in [5.41, 5.74) is 2.15. The maximum Gasteiger partial charge on any atom is 0.323 e. The van der Waals surface area contributed by atoms with Crippen molar-refractivity contribution in [2.75, 3.05) is 16.8 Å². The highest BCUT2D eigenvalue weighted by Crippen LogP contribution is 2.29. The van der Waals surface area contributed by atoms with Crippen molar-refractivity contribution in [1.82, 2.24) is 10.6 Å². The number of hydrogen-bond acceptors (Lipinski definition) is 3. The van der Waals surface area contributed by atoms with Crippen LogP contribution in [0.1, 0.15) is 18.4 Å². The molecule has 1 aliphatic heterocycles. The molecule has 0 spiro atoms. The number of urea groups is 1. The van der Waals surface area contributed by atoms with Crippen molar-refractivity contribution < 1.29 is 14.4 Å². The summed E-state index contributed by atoms with van der Waals surface area (Å²) in [5.74, 6) is -0.467. The molecule has 1 fully saturated rings. The quantitative estimate of drug-likeness (QED) is 0.744. The zero-order chi connectivity index (χ0) is 19.5. The molecule has 0 unspecified atom stereocenters. The van der Waals surface area contributed by atoms with E-state index in [-0.39, 0.29) is 24.4 Å². The van der Waals surface area contributed by atoms with Gasteiger partial charge in [-0.1, -0.05) is 42.5 Å². The van der Waals surface area contributed by atoms with E-state index in [1.165, 1.54) is 4.90 Å². The average Bonchev–Trinajstić information content (AvgIpc) is 3.51. The Balaban J connectivity index is 1.53. The Labute approximate surface area is 163 Å². The molecule has 4 amide bonds. The Morgan fingerprint density at radius 1 is 1.07 bits per heavy atom. The summed E-state index contributed by atoms with van der Waals surface area (Å²) in [6, 6.07) is 15.7. The van der Waals surface area contributed by atoms with Gasteiger partial charge in [0.25, 0.3) is 0 Å². The van der Waals surface area contributed by atoms with Gasteiger partial charge in [-0.25, -0.2) is 4.79 Å². The third-order valence-electron chi connectivity index (χ3n) is 4.84. The summed E-state index contributed by atoms with van der Waals surface area (Å²) in [6.07, 6.45) is 2.32. The van der Waals surface area contributed by atoms with Gasteiger partial charge in [-0.15, -0.1) is 0 Å². The van der Waals surface area contributed by atoms with E-state index in [9.17, 15) is 14.4 Å². The van der Waals surface area contributed by atoms with Crippen LogP contribution in [-0.4, -0.2) is 36.5 Å². The van der Waals surface area contributed by atoms with Crippen molar-refractivity contribution >= 4 is 29.2 Å². The topological polar surface area (TPSA) is 90.5 Å². The van der Waals surface area contributed by atoms with Gasteiger partial charge in [0.15, 0.2) is 0 Å². The SMILES string of the molecule is O=C1CN(C(=O)N[C@@H](Cc2ccccc2)C(=O)NC2CC2)c2ccccc2N1. The summed E-state index contributed by atoms with van der Waals surface area (Å²) < 4.78 is 0. The molecule has 3 N–H and O–H groups in total. The summed E-state index contributed by atoms with van der Waals surface area (Å²) in [6.45, 7) is -0.0921. The third-order valence-corrected chi connectivity index (χ3v) is 4.84. The maximum absolute atomic E-state index is 13.0. The van der Waals surface area contributed by atoms with Crippen LogP contribution < -0.4 is 20.9 Å². The molecule has 0 saturated heterocycles. The van der Waals surface area contributed by atoms with Crippen LogP contribution in [0.25, 0.3) is 0 Å². The largest absolute Gasteiger partial charge is 0.352 e.